The van der Waals surface area contributed by atoms with E-state index >= 15 is 0 Å². The average Bonchev–Trinajstić information content (AvgIpc) is 2.94. The van der Waals surface area contributed by atoms with Gasteiger partial charge in [-0.1, -0.05) is 17.7 Å². The van der Waals surface area contributed by atoms with Crippen molar-refractivity contribution < 1.29 is 22.7 Å². The molecule has 0 spiro atoms. The van der Waals surface area contributed by atoms with Crippen molar-refractivity contribution in [3.63, 3.8) is 0 Å². The van der Waals surface area contributed by atoms with E-state index in [1.807, 2.05) is 6.92 Å². The monoisotopic (exact) mass is 390 g/mol. The lowest BCUT2D eigenvalue weighted by atomic mass is 10.1. The first kappa shape index (κ1) is 18.9. The molecule has 3 aromatic rings. The highest BCUT2D eigenvalue weighted by Crippen LogP contribution is 2.31. The molecule has 6 nitrogen and oxygen atoms in total. The molecule has 1 amide bonds. The summed E-state index contributed by atoms with van der Waals surface area (Å²) in [6.07, 6.45) is 1.73. The van der Waals surface area contributed by atoms with Crippen LogP contribution in [0.5, 0.6) is 5.75 Å². The number of phenolic OH excluding ortho intramolecular Hbond substituents is 1. The highest BCUT2D eigenvalue weighted by molar-refractivity contribution is 7.90. The van der Waals surface area contributed by atoms with Gasteiger partial charge in [-0.3, -0.25) is 4.79 Å². The van der Waals surface area contributed by atoms with Gasteiger partial charge in [0.05, 0.1) is 10.4 Å². The molecule has 0 radical (unpaired) electrons. The van der Waals surface area contributed by atoms with E-state index in [-0.39, 0.29) is 22.9 Å². The molecular formula is C19H19FN2O4S. The molecule has 0 aliphatic carbocycles. The molecule has 2 N–H and O–H groups in total. The second-order valence-electron chi connectivity index (χ2n) is 6.32. The lowest BCUT2D eigenvalue weighted by Crippen LogP contribution is -2.22. The number of aromatic hydroxyl groups is 1. The highest BCUT2D eigenvalue weighted by Gasteiger charge is 2.22. The number of amides is 1. The van der Waals surface area contributed by atoms with Crippen molar-refractivity contribution in [1.29, 1.82) is 0 Å². The fourth-order valence-electron chi connectivity index (χ4n) is 2.87. The Morgan fingerprint density at radius 1 is 1.22 bits per heavy atom. The van der Waals surface area contributed by atoms with Crippen molar-refractivity contribution in [2.24, 2.45) is 0 Å². The largest absolute Gasteiger partial charge is 0.505 e. The van der Waals surface area contributed by atoms with Gasteiger partial charge in [0.1, 0.15) is 0 Å². The van der Waals surface area contributed by atoms with Crippen LogP contribution in [-0.2, 0) is 21.2 Å². The van der Waals surface area contributed by atoms with Gasteiger partial charge in [0.25, 0.3) is 10.0 Å². The number of nitrogens with zero attached hydrogens (tertiary/aromatic N) is 1. The second kappa shape index (κ2) is 7.03. The summed E-state index contributed by atoms with van der Waals surface area (Å²) in [7, 11) is -3.95. The number of rotatable bonds is 5. The molecule has 142 valence electrons. The predicted molar refractivity (Wildman–Crippen MR) is 99.7 cm³/mol. The van der Waals surface area contributed by atoms with E-state index in [0.29, 0.717) is 17.4 Å². The van der Waals surface area contributed by atoms with E-state index in [1.54, 1.807) is 12.1 Å². The summed E-state index contributed by atoms with van der Waals surface area (Å²) in [5.74, 6) is -1.68. The van der Waals surface area contributed by atoms with Gasteiger partial charge in [0.2, 0.25) is 5.91 Å². The molecule has 1 aromatic heterocycles. The molecule has 0 bridgehead atoms. The van der Waals surface area contributed by atoms with Gasteiger partial charge in [-0.2, -0.15) is 0 Å². The molecule has 0 aliphatic rings. The highest BCUT2D eigenvalue weighted by atomic mass is 32.2. The van der Waals surface area contributed by atoms with Gasteiger partial charge in [0, 0.05) is 31.1 Å². The van der Waals surface area contributed by atoms with Crippen molar-refractivity contribution >= 4 is 26.8 Å². The summed E-state index contributed by atoms with van der Waals surface area (Å²) in [5.41, 5.74) is 1.62. The Morgan fingerprint density at radius 2 is 1.89 bits per heavy atom. The summed E-state index contributed by atoms with van der Waals surface area (Å²) in [6, 6.07) is 8.55. The van der Waals surface area contributed by atoms with Gasteiger partial charge in [-0.05, 0) is 37.1 Å². The number of aryl methyl sites for hydroxylation is 1. The lowest BCUT2D eigenvalue weighted by molar-refractivity contribution is -0.118. The number of hydrogen-bond acceptors (Lipinski definition) is 4. The van der Waals surface area contributed by atoms with E-state index in [1.165, 1.54) is 31.3 Å². The molecule has 1 heterocycles. The third kappa shape index (κ3) is 3.66. The third-order valence-electron chi connectivity index (χ3n) is 4.27. The zero-order valence-electron chi connectivity index (χ0n) is 14.9. The number of nitrogens with one attached hydrogen (secondary N) is 1. The normalized spacial score (nSPS) is 11.7. The SMILES string of the molecule is CC(=O)NCCc1cn(S(=O)(=O)c2ccc(C)cc2)c2cc(F)c(O)cc12. The summed E-state index contributed by atoms with van der Waals surface area (Å²) >= 11 is 0. The molecule has 0 atom stereocenters. The van der Waals surface area contributed by atoms with E-state index in [9.17, 15) is 22.7 Å². The van der Waals surface area contributed by atoms with Crippen LogP contribution >= 0.6 is 0 Å². The molecule has 3 rings (SSSR count). The Hall–Kier alpha value is -2.87. The second-order valence-corrected chi connectivity index (χ2v) is 8.14. The van der Waals surface area contributed by atoms with Gasteiger partial charge in [-0.25, -0.2) is 16.8 Å². The van der Waals surface area contributed by atoms with Crippen LogP contribution in [0.4, 0.5) is 4.39 Å². The molecule has 0 saturated carbocycles. The van der Waals surface area contributed by atoms with Gasteiger partial charge in [0.15, 0.2) is 11.6 Å². The number of halogens is 1. The van der Waals surface area contributed by atoms with Gasteiger partial charge >= 0.3 is 0 Å². The fraction of sp³-hybridized carbons (Fsp3) is 0.211. The smallest absolute Gasteiger partial charge is 0.268 e. The molecule has 0 unspecified atom stereocenters. The zero-order chi connectivity index (χ0) is 19.8. The number of phenols is 1. The molecule has 27 heavy (non-hydrogen) atoms. The van der Waals surface area contributed by atoms with Crippen LogP contribution in [-0.4, -0.2) is 29.9 Å². The van der Waals surface area contributed by atoms with Crippen LogP contribution in [0.15, 0.2) is 47.5 Å². The Kier molecular flexibility index (Phi) is 4.93. The Labute approximate surface area is 156 Å². The zero-order valence-corrected chi connectivity index (χ0v) is 15.7. The van der Waals surface area contributed by atoms with E-state index in [4.69, 9.17) is 0 Å². The summed E-state index contributed by atoms with van der Waals surface area (Å²) < 4.78 is 41.1. The molecule has 0 saturated heterocycles. The van der Waals surface area contributed by atoms with E-state index < -0.39 is 21.6 Å². The maximum atomic E-state index is 13.9. The molecule has 0 fully saturated rings. The molecule has 0 aliphatic heterocycles. The summed E-state index contributed by atoms with van der Waals surface area (Å²) in [6.45, 7) is 3.52. The van der Waals surface area contributed by atoms with Crippen LogP contribution in [0.25, 0.3) is 10.9 Å². The molecule has 8 heteroatoms. The van der Waals surface area contributed by atoms with Crippen molar-refractivity contribution in [2.75, 3.05) is 6.54 Å². The van der Waals surface area contributed by atoms with Gasteiger partial charge in [-0.15, -0.1) is 0 Å². The Morgan fingerprint density at radius 3 is 2.52 bits per heavy atom. The van der Waals surface area contributed by atoms with E-state index in [0.717, 1.165) is 15.6 Å². The number of hydrogen-bond donors (Lipinski definition) is 2. The van der Waals surface area contributed by atoms with Crippen molar-refractivity contribution in [3.05, 3.63) is 59.5 Å². The number of fused-ring (bicyclic) bond motifs is 1. The van der Waals surface area contributed by atoms with Crippen molar-refractivity contribution in [1.82, 2.24) is 9.29 Å². The van der Waals surface area contributed by atoms with Crippen LogP contribution in [0.2, 0.25) is 0 Å². The average molecular weight is 390 g/mol. The maximum absolute atomic E-state index is 13.9. The topological polar surface area (TPSA) is 88.4 Å². The number of benzene rings is 2. The first-order chi connectivity index (χ1) is 12.7. The summed E-state index contributed by atoms with van der Waals surface area (Å²) in [5, 5.41) is 12.8. The standard InChI is InChI=1S/C19H19FN2O4S/c1-12-3-5-15(6-4-12)27(25,26)22-11-14(7-8-21-13(2)23)16-9-19(24)17(20)10-18(16)22/h3-6,9-11,24H,7-8H2,1-2H3,(H,21,23). The minimum absolute atomic E-state index is 0.0758. The number of aromatic nitrogens is 1. The van der Waals surface area contributed by atoms with Crippen LogP contribution in [0, 0.1) is 12.7 Å². The first-order valence-electron chi connectivity index (χ1n) is 8.29. The van der Waals surface area contributed by atoms with Gasteiger partial charge < -0.3 is 10.4 Å². The maximum Gasteiger partial charge on any atom is 0.268 e. The summed E-state index contributed by atoms with van der Waals surface area (Å²) in [4.78, 5) is 11.1. The van der Waals surface area contributed by atoms with Crippen LogP contribution in [0.1, 0.15) is 18.1 Å². The quantitative estimate of drug-likeness (QED) is 0.701. The lowest BCUT2D eigenvalue weighted by Gasteiger charge is -2.08. The van der Waals surface area contributed by atoms with Crippen LogP contribution < -0.4 is 5.32 Å². The number of carbonyl (C=O) groups is 1. The van der Waals surface area contributed by atoms with Crippen molar-refractivity contribution in [2.45, 2.75) is 25.2 Å². The van der Waals surface area contributed by atoms with E-state index in [2.05, 4.69) is 5.32 Å². The Balaban J connectivity index is 2.15. The van der Waals surface area contributed by atoms with Crippen LogP contribution in [0.3, 0.4) is 0 Å². The minimum atomic E-state index is -3.95. The number of carbonyl (C=O) groups excluding carboxylic acids is 1. The first-order valence-corrected chi connectivity index (χ1v) is 9.73. The molecule has 2 aromatic carbocycles. The third-order valence-corrected chi connectivity index (χ3v) is 5.96. The minimum Gasteiger partial charge on any atom is -0.505 e. The predicted octanol–water partition coefficient (Wildman–Crippen LogP) is 2.71. The fourth-order valence-corrected chi connectivity index (χ4v) is 4.25. The Bertz CT molecular complexity index is 1120. The van der Waals surface area contributed by atoms with Crippen molar-refractivity contribution in [3.8, 4) is 5.75 Å². The molecular weight excluding hydrogens is 371 g/mol.